The molecule has 2 aromatic rings. The van der Waals surface area contributed by atoms with Crippen LogP contribution in [-0.2, 0) is 5.33 Å². The van der Waals surface area contributed by atoms with Gasteiger partial charge in [0.1, 0.15) is 0 Å². The Morgan fingerprint density at radius 1 is 1.07 bits per heavy atom. The van der Waals surface area contributed by atoms with Crippen LogP contribution in [0.1, 0.15) is 5.69 Å². The lowest BCUT2D eigenvalue weighted by molar-refractivity contribution is 1.10. The first-order valence-corrected chi connectivity index (χ1v) is 5.45. The van der Waals surface area contributed by atoms with Crippen LogP contribution in [0, 0.1) is 0 Å². The maximum Gasteiger partial charge on any atom is 0.159 e. The smallest absolute Gasteiger partial charge is 0.159 e. The summed E-state index contributed by atoms with van der Waals surface area (Å²) in [5, 5.41) is 0.759. The molecule has 0 saturated carbocycles. The number of nitrogens with zero attached hydrogens (tertiary/aromatic N) is 2. The molecular weight excluding hydrogens is 240 g/mol. The highest BCUT2D eigenvalue weighted by Gasteiger charge is 2.00. The third-order valence-corrected chi connectivity index (χ3v) is 2.46. The molecule has 0 aliphatic carbocycles. The van der Waals surface area contributed by atoms with E-state index in [-0.39, 0.29) is 0 Å². The fourth-order valence-electron chi connectivity index (χ4n) is 1.20. The fourth-order valence-corrected chi connectivity index (χ4v) is 1.51. The quantitative estimate of drug-likeness (QED) is 0.764. The first-order valence-electron chi connectivity index (χ1n) is 4.33. The van der Waals surface area contributed by atoms with Crippen molar-refractivity contribution in [3.63, 3.8) is 0 Å². The van der Waals surface area contributed by atoms with Gasteiger partial charge in [-0.25, -0.2) is 9.97 Å². The minimum atomic E-state index is 0.759. The minimum absolute atomic E-state index is 0.759. The summed E-state index contributed by atoms with van der Waals surface area (Å²) < 4.78 is 0. The van der Waals surface area contributed by atoms with Crippen LogP contribution < -0.4 is 0 Å². The molecule has 0 spiro atoms. The fraction of sp³-hybridized carbons (Fsp3) is 0.0909. The molecule has 14 heavy (non-hydrogen) atoms. The van der Waals surface area contributed by atoms with Crippen LogP contribution in [0.2, 0.25) is 0 Å². The van der Waals surface area contributed by atoms with E-state index in [1.165, 1.54) is 0 Å². The molecule has 0 radical (unpaired) electrons. The number of aromatic nitrogens is 2. The highest BCUT2D eigenvalue weighted by Crippen LogP contribution is 2.14. The predicted molar refractivity (Wildman–Crippen MR) is 60.1 cm³/mol. The molecule has 0 saturated heterocycles. The number of rotatable bonds is 2. The zero-order chi connectivity index (χ0) is 9.80. The van der Waals surface area contributed by atoms with Crippen molar-refractivity contribution in [3.8, 4) is 11.4 Å². The molecule has 70 valence electrons. The van der Waals surface area contributed by atoms with E-state index in [1.54, 1.807) is 6.20 Å². The van der Waals surface area contributed by atoms with Crippen LogP contribution >= 0.6 is 15.9 Å². The Balaban J connectivity index is 2.42. The minimum Gasteiger partial charge on any atom is -0.237 e. The maximum atomic E-state index is 4.40. The largest absolute Gasteiger partial charge is 0.237 e. The zero-order valence-corrected chi connectivity index (χ0v) is 9.11. The van der Waals surface area contributed by atoms with Crippen molar-refractivity contribution in [1.29, 1.82) is 0 Å². The Bertz CT molecular complexity index is 415. The summed E-state index contributed by atoms with van der Waals surface area (Å²) in [4.78, 5) is 8.63. The molecule has 0 unspecified atom stereocenters. The van der Waals surface area contributed by atoms with E-state index in [9.17, 15) is 0 Å². The molecule has 0 atom stereocenters. The second kappa shape index (κ2) is 4.33. The Kier molecular flexibility index (Phi) is 2.89. The summed E-state index contributed by atoms with van der Waals surface area (Å²) in [7, 11) is 0. The number of alkyl halides is 1. The van der Waals surface area contributed by atoms with Crippen LogP contribution in [0.4, 0.5) is 0 Å². The molecule has 0 aliphatic rings. The van der Waals surface area contributed by atoms with Gasteiger partial charge in [-0.15, -0.1) is 0 Å². The van der Waals surface area contributed by atoms with E-state index in [0.29, 0.717) is 0 Å². The first kappa shape index (κ1) is 9.34. The predicted octanol–water partition coefficient (Wildman–Crippen LogP) is 3.04. The number of hydrogen-bond donors (Lipinski definition) is 0. The Labute approximate surface area is 91.2 Å². The summed E-state index contributed by atoms with van der Waals surface area (Å²) in [6.07, 6.45) is 1.78. The molecule has 0 bridgehead atoms. The molecule has 0 N–H and O–H groups in total. The van der Waals surface area contributed by atoms with Gasteiger partial charge in [-0.1, -0.05) is 46.3 Å². The van der Waals surface area contributed by atoms with Crippen LogP contribution in [0.15, 0.2) is 42.6 Å². The van der Waals surface area contributed by atoms with Crippen molar-refractivity contribution in [3.05, 3.63) is 48.3 Å². The molecule has 2 rings (SSSR count). The topological polar surface area (TPSA) is 25.8 Å². The van der Waals surface area contributed by atoms with Gasteiger partial charge < -0.3 is 0 Å². The normalized spacial score (nSPS) is 10.1. The molecule has 2 nitrogen and oxygen atoms in total. The van der Waals surface area contributed by atoms with Gasteiger partial charge in [0.2, 0.25) is 0 Å². The van der Waals surface area contributed by atoms with Crippen molar-refractivity contribution in [1.82, 2.24) is 9.97 Å². The van der Waals surface area contributed by atoms with E-state index in [2.05, 4.69) is 25.9 Å². The highest BCUT2D eigenvalue weighted by atomic mass is 79.9. The lowest BCUT2D eigenvalue weighted by Crippen LogP contribution is -1.91. The summed E-state index contributed by atoms with van der Waals surface area (Å²) in [6.45, 7) is 0. The third kappa shape index (κ3) is 1.99. The zero-order valence-electron chi connectivity index (χ0n) is 7.52. The SMILES string of the molecule is BrCc1ccnc(-c2ccccc2)n1. The molecule has 0 fully saturated rings. The summed E-state index contributed by atoms with van der Waals surface area (Å²) in [5.41, 5.74) is 2.05. The Morgan fingerprint density at radius 2 is 1.86 bits per heavy atom. The number of halogens is 1. The summed E-state index contributed by atoms with van der Waals surface area (Å²) >= 11 is 3.37. The lowest BCUT2D eigenvalue weighted by atomic mass is 10.2. The molecular formula is C11H9BrN2. The first-order chi connectivity index (χ1) is 6.90. The molecule has 3 heteroatoms. The average Bonchev–Trinajstić information content (AvgIpc) is 2.30. The second-order valence-corrected chi connectivity index (χ2v) is 3.43. The third-order valence-electron chi connectivity index (χ3n) is 1.88. The lowest BCUT2D eigenvalue weighted by Gasteiger charge is -2.00. The van der Waals surface area contributed by atoms with Gasteiger partial charge in [0.25, 0.3) is 0 Å². The number of benzene rings is 1. The molecule has 1 aromatic heterocycles. The van der Waals surface area contributed by atoms with Gasteiger partial charge in [0, 0.05) is 17.1 Å². The maximum absolute atomic E-state index is 4.40. The van der Waals surface area contributed by atoms with E-state index in [4.69, 9.17) is 0 Å². The van der Waals surface area contributed by atoms with E-state index < -0.39 is 0 Å². The summed E-state index contributed by atoms with van der Waals surface area (Å²) in [5.74, 6) is 0.780. The standard InChI is InChI=1S/C11H9BrN2/c12-8-10-6-7-13-11(14-10)9-4-2-1-3-5-9/h1-7H,8H2. The van der Waals surface area contributed by atoms with E-state index >= 15 is 0 Å². The molecule has 0 aliphatic heterocycles. The number of hydrogen-bond acceptors (Lipinski definition) is 2. The van der Waals surface area contributed by atoms with Crippen molar-refractivity contribution in [2.75, 3.05) is 0 Å². The molecule has 0 amide bonds. The van der Waals surface area contributed by atoms with Crippen molar-refractivity contribution < 1.29 is 0 Å². The molecule has 1 heterocycles. The van der Waals surface area contributed by atoms with Crippen molar-refractivity contribution >= 4 is 15.9 Å². The van der Waals surface area contributed by atoms with Crippen LogP contribution in [0.25, 0.3) is 11.4 Å². The monoisotopic (exact) mass is 248 g/mol. The Hall–Kier alpha value is -1.22. The molecule has 1 aromatic carbocycles. The Morgan fingerprint density at radius 3 is 2.57 bits per heavy atom. The van der Waals surface area contributed by atoms with Crippen molar-refractivity contribution in [2.24, 2.45) is 0 Å². The van der Waals surface area contributed by atoms with Crippen LogP contribution in [0.3, 0.4) is 0 Å². The van der Waals surface area contributed by atoms with Gasteiger partial charge in [-0.3, -0.25) is 0 Å². The van der Waals surface area contributed by atoms with Gasteiger partial charge >= 0.3 is 0 Å². The average molecular weight is 249 g/mol. The van der Waals surface area contributed by atoms with Gasteiger partial charge in [0.05, 0.1) is 5.69 Å². The van der Waals surface area contributed by atoms with Crippen LogP contribution in [0.5, 0.6) is 0 Å². The van der Waals surface area contributed by atoms with Crippen molar-refractivity contribution in [2.45, 2.75) is 5.33 Å². The van der Waals surface area contributed by atoms with Gasteiger partial charge in [-0.2, -0.15) is 0 Å². The van der Waals surface area contributed by atoms with Gasteiger partial charge in [-0.05, 0) is 6.07 Å². The van der Waals surface area contributed by atoms with Gasteiger partial charge in [0.15, 0.2) is 5.82 Å². The van der Waals surface area contributed by atoms with Crippen LogP contribution in [-0.4, -0.2) is 9.97 Å². The van der Waals surface area contributed by atoms with E-state index in [1.807, 2.05) is 36.4 Å². The highest BCUT2D eigenvalue weighted by molar-refractivity contribution is 9.08. The van der Waals surface area contributed by atoms with E-state index in [0.717, 1.165) is 22.4 Å². The second-order valence-electron chi connectivity index (χ2n) is 2.87. The summed E-state index contributed by atoms with van der Waals surface area (Å²) in [6, 6.07) is 11.9.